The van der Waals surface area contributed by atoms with E-state index >= 15 is 0 Å². The third-order valence-electron chi connectivity index (χ3n) is 8.02. The summed E-state index contributed by atoms with van der Waals surface area (Å²) in [5.41, 5.74) is 1.68. The molecule has 3 heterocycles. The van der Waals surface area contributed by atoms with E-state index in [0.29, 0.717) is 35.3 Å². The molecule has 9 heteroatoms. The Morgan fingerprint density at radius 1 is 1.09 bits per heavy atom. The van der Waals surface area contributed by atoms with Crippen LogP contribution in [0, 0.1) is 17.8 Å². The quantitative estimate of drug-likeness (QED) is 0.544. The first kappa shape index (κ1) is 20.9. The maximum atomic E-state index is 11.6. The first-order chi connectivity index (χ1) is 16.0. The van der Waals surface area contributed by atoms with E-state index in [0.717, 1.165) is 29.6 Å². The van der Waals surface area contributed by atoms with Crippen molar-refractivity contribution in [3.05, 3.63) is 16.4 Å². The maximum absolute atomic E-state index is 11.6. The van der Waals surface area contributed by atoms with Gasteiger partial charge in [-0.15, -0.1) is 0 Å². The van der Waals surface area contributed by atoms with E-state index in [4.69, 9.17) is 19.5 Å². The fourth-order valence-electron chi connectivity index (χ4n) is 5.47. The molecule has 3 aromatic heterocycles. The second kappa shape index (κ2) is 8.25. The van der Waals surface area contributed by atoms with Crippen molar-refractivity contribution in [1.82, 2.24) is 29.7 Å². The van der Waals surface area contributed by atoms with E-state index in [2.05, 4.69) is 33.9 Å². The molecule has 0 saturated heterocycles. The standard InChI is InChI=1S/C24H33N7O2/c1-13-6-8-15(9-7-13)12-31-18-19(25-14(2)16-4-3-5-16)26-21(22-29-24(32)33-30-22)27-20(18)28-23(31)17-10-11-17/h13-17H,3-12H2,1-2H3,(H,25,26,27)(H,29,30,32)/t13-,14-,15-/m1/s1. The minimum absolute atomic E-state index is 0.241. The fraction of sp³-hybridized carbons (Fsp3) is 0.708. The summed E-state index contributed by atoms with van der Waals surface area (Å²) in [5.74, 6) is 4.57. The number of anilines is 1. The van der Waals surface area contributed by atoms with E-state index in [1.54, 1.807) is 0 Å². The van der Waals surface area contributed by atoms with Gasteiger partial charge < -0.3 is 9.88 Å². The lowest BCUT2D eigenvalue weighted by molar-refractivity contribution is 0.264. The average Bonchev–Trinajstić information content (AvgIpc) is 3.40. The predicted molar refractivity (Wildman–Crippen MR) is 125 cm³/mol. The van der Waals surface area contributed by atoms with E-state index in [9.17, 15) is 4.79 Å². The van der Waals surface area contributed by atoms with Gasteiger partial charge in [-0.25, -0.2) is 19.7 Å². The van der Waals surface area contributed by atoms with Crippen LogP contribution in [0.3, 0.4) is 0 Å². The summed E-state index contributed by atoms with van der Waals surface area (Å²) in [6.45, 7) is 5.58. The molecule has 176 valence electrons. The minimum Gasteiger partial charge on any atom is -0.365 e. The molecule has 3 aliphatic rings. The monoisotopic (exact) mass is 451 g/mol. The summed E-state index contributed by atoms with van der Waals surface area (Å²) < 4.78 is 7.13. The number of aromatic nitrogens is 6. The minimum atomic E-state index is -0.609. The molecule has 0 aliphatic heterocycles. The van der Waals surface area contributed by atoms with E-state index < -0.39 is 5.76 Å². The van der Waals surface area contributed by atoms with Crippen LogP contribution in [-0.2, 0) is 6.54 Å². The molecule has 0 spiro atoms. The third kappa shape index (κ3) is 4.06. The van der Waals surface area contributed by atoms with Crippen LogP contribution in [0.2, 0.25) is 0 Å². The number of hydrogen-bond acceptors (Lipinski definition) is 7. The summed E-state index contributed by atoms with van der Waals surface area (Å²) in [6.07, 6.45) is 11.3. The highest BCUT2D eigenvalue weighted by Crippen LogP contribution is 2.43. The molecule has 3 aliphatic carbocycles. The normalized spacial score (nSPS) is 24.7. The van der Waals surface area contributed by atoms with Gasteiger partial charge in [0.05, 0.1) is 0 Å². The van der Waals surface area contributed by atoms with Gasteiger partial charge in [0, 0.05) is 18.5 Å². The molecule has 33 heavy (non-hydrogen) atoms. The van der Waals surface area contributed by atoms with Crippen molar-refractivity contribution in [1.29, 1.82) is 0 Å². The molecule has 3 aromatic rings. The van der Waals surface area contributed by atoms with E-state index in [1.807, 2.05) is 0 Å². The molecule has 3 fully saturated rings. The lowest BCUT2D eigenvalue weighted by Gasteiger charge is -2.32. The zero-order valence-electron chi connectivity index (χ0n) is 19.5. The SMILES string of the molecule is C[C@@H](Nc1nc(-c2noc(=O)[nH]2)nc2nc(C3CC3)n(C[C@H]3CC[C@H](C)CC3)c12)C1CCC1. The highest BCUT2D eigenvalue weighted by molar-refractivity contribution is 5.86. The molecular weight excluding hydrogens is 418 g/mol. The van der Waals surface area contributed by atoms with Crippen molar-refractivity contribution in [3.8, 4) is 11.6 Å². The van der Waals surface area contributed by atoms with Gasteiger partial charge in [-0.2, -0.15) is 0 Å². The first-order valence-electron chi connectivity index (χ1n) is 12.7. The van der Waals surface area contributed by atoms with Crippen molar-refractivity contribution in [2.75, 3.05) is 5.32 Å². The van der Waals surface area contributed by atoms with Crippen molar-refractivity contribution in [2.45, 2.75) is 90.1 Å². The van der Waals surface area contributed by atoms with Crippen LogP contribution in [0.5, 0.6) is 0 Å². The maximum Gasteiger partial charge on any atom is 0.439 e. The number of fused-ring (bicyclic) bond motifs is 1. The second-order valence-corrected chi connectivity index (χ2v) is 10.6. The molecule has 3 saturated carbocycles. The number of rotatable bonds is 7. The van der Waals surface area contributed by atoms with Crippen LogP contribution in [0.4, 0.5) is 5.82 Å². The van der Waals surface area contributed by atoms with Gasteiger partial charge in [0.2, 0.25) is 11.6 Å². The Morgan fingerprint density at radius 2 is 1.88 bits per heavy atom. The Bertz CT molecular complexity index is 1200. The molecule has 1 atom stereocenters. The molecule has 0 amide bonds. The number of imidazole rings is 1. The van der Waals surface area contributed by atoms with Gasteiger partial charge in [0.1, 0.15) is 11.3 Å². The molecule has 2 N–H and O–H groups in total. The number of nitrogens with one attached hydrogen (secondary N) is 2. The molecule has 0 unspecified atom stereocenters. The van der Waals surface area contributed by atoms with E-state index in [1.165, 1.54) is 57.8 Å². The molecule has 0 bridgehead atoms. The summed E-state index contributed by atoms with van der Waals surface area (Å²) >= 11 is 0. The van der Waals surface area contributed by atoms with Crippen LogP contribution in [0.25, 0.3) is 22.8 Å². The largest absolute Gasteiger partial charge is 0.439 e. The zero-order chi connectivity index (χ0) is 22.5. The molecule has 0 aromatic carbocycles. The van der Waals surface area contributed by atoms with Gasteiger partial charge in [-0.3, -0.25) is 9.51 Å². The lowest BCUT2D eigenvalue weighted by atomic mass is 9.80. The Kier molecular flexibility index (Phi) is 5.22. The van der Waals surface area contributed by atoms with Crippen LogP contribution in [0.15, 0.2) is 9.32 Å². The molecule has 9 nitrogen and oxygen atoms in total. The van der Waals surface area contributed by atoms with Crippen molar-refractivity contribution < 1.29 is 4.52 Å². The predicted octanol–water partition coefficient (Wildman–Crippen LogP) is 4.47. The van der Waals surface area contributed by atoms with Crippen LogP contribution in [0.1, 0.15) is 83.4 Å². The smallest absolute Gasteiger partial charge is 0.365 e. The van der Waals surface area contributed by atoms with Gasteiger partial charge in [0.15, 0.2) is 11.5 Å². The van der Waals surface area contributed by atoms with Gasteiger partial charge >= 0.3 is 5.76 Å². The average molecular weight is 452 g/mol. The lowest BCUT2D eigenvalue weighted by Crippen LogP contribution is -2.31. The van der Waals surface area contributed by atoms with Crippen LogP contribution in [-0.4, -0.2) is 35.7 Å². The zero-order valence-corrected chi connectivity index (χ0v) is 19.5. The first-order valence-corrected chi connectivity index (χ1v) is 12.7. The third-order valence-corrected chi connectivity index (χ3v) is 8.02. The Balaban J connectivity index is 1.44. The Labute approximate surface area is 192 Å². The molecule has 0 radical (unpaired) electrons. The fourth-order valence-corrected chi connectivity index (χ4v) is 5.47. The van der Waals surface area contributed by atoms with Crippen LogP contribution < -0.4 is 11.1 Å². The number of H-pyrrole nitrogens is 1. The summed E-state index contributed by atoms with van der Waals surface area (Å²) in [6, 6.07) is 0.310. The molecular formula is C24H33N7O2. The summed E-state index contributed by atoms with van der Waals surface area (Å²) in [5, 5.41) is 7.52. The van der Waals surface area contributed by atoms with Crippen molar-refractivity contribution in [2.24, 2.45) is 17.8 Å². The van der Waals surface area contributed by atoms with E-state index in [-0.39, 0.29) is 5.82 Å². The van der Waals surface area contributed by atoms with Crippen molar-refractivity contribution >= 4 is 17.0 Å². The number of hydrogen-bond donors (Lipinski definition) is 2. The Hall–Kier alpha value is -2.71. The summed E-state index contributed by atoms with van der Waals surface area (Å²) in [4.78, 5) is 28.7. The number of aromatic amines is 1. The summed E-state index contributed by atoms with van der Waals surface area (Å²) in [7, 11) is 0. The second-order valence-electron chi connectivity index (χ2n) is 10.6. The van der Waals surface area contributed by atoms with Crippen LogP contribution >= 0.6 is 0 Å². The topological polar surface area (TPSA) is 115 Å². The highest BCUT2D eigenvalue weighted by atomic mass is 16.5. The van der Waals surface area contributed by atoms with Crippen molar-refractivity contribution in [3.63, 3.8) is 0 Å². The van der Waals surface area contributed by atoms with Gasteiger partial charge in [-0.1, -0.05) is 31.3 Å². The number of nitrogens with zero attached hydrogens (tertiary/aromatic N) is 5. The molecule has 6 rings (SSSR count). The van der Waals surface area contributed by atoms with Gasteiger partial charge in [0.25, 0.3) is 0 Å². The highest BCUT2D eigenvalue weighted by Gasteiger charge is 2.33. The van der Waals surface area contributed by atoms with Gasteiger partial charge in [-0.05, 0) is 63.2 Å². The Morgan fingerprint density at radius 3 is 2.52 bits per heavy atom.